The third-order valence-electron chi connectivity index (χ3n) is 3.67. The molecule has 161 valence electrons. The van der Waals surface area contributed by atoms with E-state index in [1.54, 1.807) is 57.2 Å². The molecule has 0 heterocycles. The zero-order valence-corrected chi connectivity index (χ0v) is 20.9. The van der Waals surface area contributed by atoms with Gasteiger partial charge in [-0.05, 0) is 73.9 Å². The Labute approximate surface area is 199 Å². The summed E-state index contributed by atoms with van der Waals surface area (Å²) in [4.78, 5) is 32.4. The predicted octanol–water partition coefficient (Wildman–Crippen LogP) is 2.80. The molecule has 0 fully saturated rings. The van der Waals surface area contributed by atoms with Gasteiger partial charge in [0.05, 0.1) is 0 Å². The van der Waals surface area contributed by atoms with E-state index in [-0.39, 0.29) is 59.7 Å². The SMILES string of the molecule is Cc1cccc(O)c(=O)c1.Cc1cccc(O)c(=O)c1.Cc1cccc(O)c(=O)c1.[Bi]. The molecule has 0 aliphatic heterocycles. The molecular weight excluding hydrogens is 593 g/mol. The molecule has 0 aliphatic carbocycles. The van der Waals surface area contributed by atoms with Gasteiger partial charge >= 0.3 is 0 Å². The average molecular weight is 617 g/mol. The smallest absolute Gasteiger partial charge is 0.220 e. The van der Waals surface area contributed by atoms with Gasteiger partial charge in [0.25, 0.3) is 0 Å². The summed E-state index contributed by atoms with van der Waals surface area (Å²) in [5, 5.41) is 26.7. The van der Waals surface area contributed by atoms with Gasteiger partial charge in [0, 0.05) is 26.2 Å². The first-order valence-electron chi connectivity index (χ1n) is 9.00. The zero-order chi connectivity index (χ0) is 22.7. The zero-order valence-electron chi connectivity index (χ0n) is 17.4. The Hall–Kier alpha value is -3.05. The molecule has 6 nitrogen and oxygen atoms in total. The van der Waals surface area contributed by atoms with Gasteiger partial charge in [-0.1, -0.05) is 36.4 Å². The number of rotatable bonds is 0. The van der Waals surface area contributed by atoms with Gasteiger partial charge in [0.1, 0.15) is 0 Å². The van der Waals surface area contributed by atoms with E-state index in [1.807, 2.05) is 0 Å². The quantitative estimate of drug-likeness (QED) is 0.335. The molecule has 31 heavy (non-hydrogen) atoms. The Balaban J connectivity index is 0.000000429. The molecule has 0 amide bonds. The third kappa shape index (κ3) is 11.1. The van der Waals surface area contributed by atoms with Crippen LogP contribution >= 0.6 is 0 Å². The molecule has 3 aromatic carbocycles. The minimum atomic E-state index is -0.331. The van der Waals surface area contributed by atoms with Gasteiger partial charge in [-0.25, -0.2) is 0 Å². The van der Waals surface area contributed by atoms with Crippen LogP contribution in [0.15, 0.2) is 87.2 Å². The Kier molecular flexibility index (Phi) is 12.7. The molecule has 0 aliphatic rings. The van der Waals surface area contributed by atoms with Gasteiger partial charge in [-0.15, -0.1) is 0 Å². The first-order valence-corrected chi connectivity index (χ1v) is 9.00. The van der Waals surface area contributed by atoms with Gasteiger partial charge in [0.15, 0.2) is 17.2 Å². The summed E-state index contributed by atoms with van der Waals surface area (Å²) in [5.41, 5.74) is 1.56. The van der Waals surface area contributed by atoms with Crippen LogP contribution in [0.2, 0.25) is 0 Å². The van der Waals surface area contributed by atoms with Crippen molar-refractivity contribution in [3.05, 3.63) is 120 Å². The normalized spacial score (nSPS) is 9.00. The van der Waals surface area contributed by atoms with Crippen LogP contribution in [0.5, 0.6) is 17.2 Å². The average Bonchev–Trinajstić information content (AvgIpc) is 2.98. The fraction of sp³-hybridized carbons (Fsp3) is 0.125. The van der Waals surface area contributed by atoms with E-state index in [0.29, 0.717) is 0 Å². The molecule has 0 spiro atoms. The number of hydrogen-bond donors (Lipinski definition) is 3. The van der Waals surface area contributed by atoms with E-state index in [1.165, 1.54) is 36.4 Å². The van der Waals surface area contributed by atoms with Crippen molar-refractivity contribution < 1.29 is 15.3 Å². The summed E-state index contributed by atoms with van der Waals surface area (Å²) >= 11 is 0. The van der Waals surface area contributed by atoms with Crippen LogP contribution in [0.3, 0.4) is 0 Å². The molecule has 0 saturated carbocycles. The number of hydrogen-bond acceptors (Lipinski definition) is 6. The summed E-state index contributed by atoms with van der Waals surface area (Å²) in [6.45, 7) is 5.42. The first-order chi connectivity index (χ1) is 14.1. The second kappa shape index (κ2) is 14.0. The Morgan fingerprint density at radius 1 is 0.484 bits per heavy atom. The molecule has 0 unspecified atom stereocenters. The van der Waals surface area contributed by atoms with Crippen LogP contribution in [-0.2, 0) is 0 Å². The largest absolute Gasteiger partial charge is 0.504 e. The molecular formula is C24H24BiO6. The molecule has 3 N–H and O–H groups in total. The molecule has 3 aromatic rings. The van der Waals surface area contributed by atoms with Crippen molar-refractivity contribution in [3.8, 4) is 17.2 Å². The van der Waals surface area contributed by atoms with Crippen molar-refractivity contribution in [1.29, 1.82) is 0 Å². The Morgan fingerprint density at radius 2 is 0.710 bits per heavy atom. The molecule has 3 radical (unpaired) electrons. The third-order valence-corrected chi connectivity index (χ3v) is 3.67. The maximum Gasteiger partial charge on any atom is 0.220 e. The summed E-state index contributed by atoms with van der Waals surface area (Å²) in [7, 11) is 0. The van der Waals surface area contributed by atoms with Crippen molar-refractivity contribution >= 4 is 26.2 Å². The van der Waals surface area contributed by atoms with Crippen molar-refractivity contribution in [3.63, 3.8) is 0 Å². The minimum absolute atomic E-state index is 0. The molecule has 7 heteroatoms. The topological polar surface area (TPSA) is 112 Å². The fourth-order valence-electron chi connectivity index (χ4n) is 2.11. The number of aryl methyl sites for hydroxylation is 3. The summed E-state index contributed by atoms with van der Waals surface area (Å²) in [6, 6.07) is 18.6. The maximum atomic E-state index is 10.8. The van der Waals surface area contributed by atoms with Gasteiger partial charge < -0.3 is 15.3 Å². The Morgan fingerprint density at radius 3 is 0.935 bits per heavy atom. The van der Waals surface area contributed by atoms with Crippen LogP contribution < -0.4 is 16.3 Å². The van der Waals surface area contributed by atoms with Crippen molar-refractivity contribution in [2.45, 2.75) is 20.8 Å². The van der Waals surface area contributed by atoms with E-state index in [9.17, 15) is 14.4 Å². The van der Waals surface area contributed by atoms with Crippen LogP contribution in [-0.4, -0.2) is 41.5 Å². The van der Waals surface area contributed by atoms with E-state index < -0.39 is 0 Å². The number of aromatic hydroxyl groups is 3. The molecule has 3 rings (SSSR count). The standard InChI is InChI=1S/3C8H8O2.Bi/c3*1-6-3-2-4-7(9)8(10)5-6;/h3*2-5H,1H3,(H,9,10);. The van der Waals surface area contributed by atoms with Gasteiger partial charge in [-0.3, -0.25) is 14.4 Å². The molecule has 0 saturated heterocycles. The van der Waals surface area contributed by atoms with E-state index >= 15 is 0 Å². The minimum Gasteiger partial charge on any atom is -0.504 e. The summed E-state index contributed by atoms with van der Waals surface area (Å²) < 4.78 is 0. The van der Waals surface area contributed by atoms with Crippen molar-refractivity contribution in [1.82, 2.24) is 0 Å². The second-order valence-corrected chi connectivity index (χ2v) is 6.49. The van der Waals surface area contributed by atoms with E-state index in [0.717, 1.165) is 16.7 Å². The predicted molar refractivity (Wildman–Crippen MR) is 123 cm³/mol. The van der Waals surface area contributed by atoms with Crippen LogP contribution in [0.1, 0.15) is 16.7 Å². The van der Waals surface area contributed by atoms with Crippen molar-refractivity contribution in [2.75, 3.05) is 0 Å². The molecule has 0 bridgehead atoms. The van der Waals surface area contributed by atoms with Crippen LogP contribution in [0.4, 0.5) is 0 Å². The van der Waals surface area contributed by atoms with Crippen LogP contribution in [0, 0.1) is 20.8 Å². The maximum absolute atomic E-state index is 10.8. The summed E-state index contributed by atoms with van der Waals surface area (Å²) in [5.74, 6) is -0.602. The molecule has 0 aromatic heterocycles. The van der Waals surface area contributed by atoms with Gasteiger partial charge in [0.2, 0.25) is 16.3 Å². The first kappa shape index (κ1) is 28.0. The monoisotopic (exact) mass is 617 g/mol. The summed E-state index contributed by atoms with van der Waals surface area (Å²) in [6.07, 6.45) is 0. The Bertz CT molecular complexity index is 1030. The van der Waals surface area contributed by atoms with E-state index in [2.05, 4.69) is 0 Å². The van der Waals surface area contributed by atoms with Gasteiger partial charge in [-0.2, -0.15) is 0 Å². The second-order valence-electron chi connectivity index (χ2n) is 6.49. The van der Waals surface area contributed by atoms with E-state index in [4.69, 9.17) is 15.3 Å². The fourth-order valence-corrected chi connectivity index (χ4v) is 2.11. The molecule has 0 atom stereocenters. The van der Waals surface area contributed by atoms with Crippen molar-refractivity contribution in [2.24, 2.45) is 0 Å². The van der Waals surface area contributed by atoms with Crippen LogP contribution in [0.25, 0.3) is 0 Å².